The predicted octanol–water partition coefficient (Wildman–Crippen LogP) is 3.22. The summed E-state index contributed by atoms with van der Waals surface area (Å²) in [5, 5.41) is 21.8. The smallest absolute Gasteiger partial charge is 0.101 e. The standard InChI is InChI=1S/C22H25N5/c1-26-13-14-27(21(17-26)18-7-3-2-4-8-18)12-6-11-25-22-19(15-23)9-5-10-20(22)16-24/h2-5,7-10,21,25H,6,11-14,17H2,1H3. The number of anilines is 1. The number of rotatable bonds is 6. The van der Waals surface area contributed by atoms with Gasteiger partial charge in [0.1, 0.15) is 12.1 Å². The first-order valence-electron chi connectivity index (χ1n) is 9.37. The van der Waals surface area contributed by atoms with Crippen molar-refractivity contribution in [3.63, 3.8) is 0 Å². The Bertz CT molecular complexity index is 802. The topological polar surface area (TPSA) is 66.1 Å². The summed E-state index contributed by atoms with van der Waals surface area (Å²) in [5.41, 5.74) is 3.06. The summed E-state index contributed by atoms with van der Waals surface area (Å²) in [7, 11) is 2.18. The van der Waals surface area contributed by atoms with E-state index in [1.165, 1.54) is 5.56 Å². The second-order valence-corrected chi connectivity index (χ2v) is 6.96. The number of nitriles is 2. The van der Waals surface area contributed by atoms with E-state index in [1.54, 1.807) is 18.2 Å². The van der Waals surface area contributed by atoms with Crippen LogP contribution in [0.25, 0.3) is 0 Å². The third kappa shape index (κ3) is 4.65. The SMILES string of the molecule is CN1CCN(CCCNc2c(C#N)cccc2C#N)C(c2ccccc2)C1. The molecule has 0 bridgehead atoms. The fourth-order valence-corrected chi connectivity index (χ4v) is 3.64. The summed E-state index contributed by atoms with van der Waals surface area (Å²) in [5.74, 6) is 0. The first-order valence-corrected chi connectivity index (χ1v) is 9.37. The maximum Gasteiger partial charge on any atom is 0.101 e. The second kappa shape index (κ2) is 9.19. The van der Waals surface area contributed by atoms with Gasteiger partial charge in [-0.05, 0) is 31.2 Å². The number of nitrogens with zero attached hydrogens (tertiary/aromatic N) is 4. The molecule has 2 aromatic carbocycles. The minimum Gasteiger partial charge on any atom is -0.383 e. The summed E-state index contributed by atoms with van der Waals surface area (Å²) < 4.78 is 0. The summed E-state index contributed by atoms with van der Waals surface area (Å²) in [6.07, 6.45) is 0.956. The molecule has 1 heterocycles. The molecule has 1 N–H and O–H groups in total. The molecule has 1 aliphatic heterocycles. The van der Waals surface area contributed by atoms with Gasteiger partial charge in [-0.2, -0.15) is 10.5 Å². The van der Waals surface area contributed by atoms with Crippen molar-refractivity contribution >= 4 is 5.69 Å². The second-order valence-electron chi connectivity index (χ2n) is 6.96. The van der Waals surface area contributed by atoms with E-state index in [4.69, 9.17) is 0 Å². The van der Waals surface area contributed by atoms with E-state index in [1.807, 2.05) is 0 Å². The van der Waals surface area contributed by atoms with Gasteiger partial charge in [-0.15, -0.1) is 0 Å². The van der Waals surface area contributed by atoms with Crippen LogP contribution >= 0.6 is 0 Å². The average molecular weight is 359 g/mol. The molecule has 1 fully saturated rings. The van der Waals surface area contributed by atoms with Crippen molar-refractivity contribution in [2.45, 2.75) is 12.5 Å². The Morgan fingerprint density at radius 1 is 1.00 bits per heavy atom. The summed E-state index contributed by atoms with van der Waals surface area (Å²) in [4.78, 5) is 4.92. The average Bonchev–Trinajstić information content (AvgIpc) is 2.72. The highest BCUT2D eigenvalue weighted by Gasteiger charge is 2.25. The van der Waals surface area contributed by atoms with Gasteiger partial charge in [0.05, 0.1) is 16.8 Å². The molecule has 0 amide bonds. The molecule has 0 aromatic heterocycles. The molecule has 2 aromatic rings. The van der Waals surface area contributed by atoms with E-state index in [-0.39, 0.29) is 0 Å². The van der Waals surface area contributed by atoms with Gasteiger partial charge >= 0.3 is 0 Å². The van der Waals surface area contributed by atoms with E-state index < -0.39 is 0 Å². The molecule has 1 atom stereocenters. The van der Waals surface area contributed by atoms with E-state index in [0.717, 1.165) is 39.1 Å². The minimum absolute atomic E-state index is 0.408. The summed E-state index contributed by atoms with van der Waals surface area (Å²) in [6, 6.07) is 20.7. The molecule has 5 heteroatoms. The van der Waals surface area contributed by atoms with Gasteiger partial charge in [0.15, 0.2) is 0 Å². The maximum absolute atomic E-state index is 9.27. The zero-order valence-electron chi connectivity index (χ0n) is 15.7. The molecular formula is C22H25N5. The van der Waals surface area contributed by atoms with Gasteiger partial charge in [-0.1, -0.05) is 36.4 Å². The Hall–Kier alpha value is -2.86. The fourth-order valence-electron chi connectivity index (χ4n) is 3.64. The van der Waals surface area contributed by atoms with Crippen molar-refractivity contribution in [1.29, 1.82) is 10.5 Å². The minimum atomic E-state index is 0.408. The Labute approximate surface area is 161 Å². The van der Waals surface area contributed by atoms with Crippen LogP contribution in [-0.4, -0.2) is 49.6 Å². The van der Waals surface area contributed by atoms with Gasteiger partial charge in [-0.25, -0.2) is 0 Å². The van der Waals surface area contributed by atoms with Crippen LogP contribution in [0.1, 0.15) is 29.2 Å². The van der Waals surface area contributed by atoms with Crippen LogP contribution in [0.3, 0.4) is 0 Å². The molecule has 0 spiro atoms. The Morgan fingerprint density at radius 2 is 1.70 bits per heavy atom. The Kier molecular flexibility index (Phi) is 6.44. The molecule has 27 heavy (non-hydrogen) atoms. The quantitative estimate of drug-likeness (QED) is 0.802. The zero-order valence-corrected chi connectivity index (χ0v) is 15.7. The highest BCUT2D eigenvalue weighted by Crippen LogP contribution is 2.25. The van der Waals surface area contributed by atoms with Gasteiger partial charge < -0.3 is 10.2 Å². The van der Waals surface area contributed by atoms with E-state index in [2.05, 4.69) is 64.6 Å². The largest absolute Gasteiger partial charge is 0.383 e. The van der Waals surface area contributed by atoms with Crippen LogP contribution in [0.5, 0.6) is 0 Å². The van der Waals surface area contributed by atoms with Crippen molar-refractivity contribution in [3.05, 3.63) is 65.2 Å². The van der Waals surface area contributed by atoms with Gasteiger partial charge in [-0.3, -0.25) is 4.90 Å². The molecule has 3 rings (SSSR count). The van der Waals surface area contributed by atoms with Crippen molar-refractivity contribution in [3.8, 4) is 12.1 Å². The maximum atomic E-state index is 9.27. The molecule has 1 aliphatic rings. The number of para-hydroxylation sites is 1. The Balaban J connectivity index is 1.60. The fraction of sp³-hybridized carbons (Fsp3) is 0.364. The van der Waals surface area contributed by atoms with Gasteiger partial charge in [0.2, 0.25) is 0 Å². The van der Waals surface area contributed by atoms with Crippen LogP contribution in [0.15, 0.2) is 48.5 Å². The van der Waals surface area contributed by atoms with Crippen molar-refractivity contribution < 1.29 is 0 Å². The lowest BCUT2D eigenvalue weighted by atomic mass is 10.0. The van der Waals surface area contributed by atoms with Gasteiger partial charge in [0, 0.05) is 38.8 Å². The predicted molar refractivity (Wildman–Crippen MR) is 107 cm³/mol. The molecule has 0 radical (unpaired) electrons. The van der Waals surface area contributed by atoms with Crippen molar-refractivity contribution in [2.24, 2.45) is 0 Å². The van der Waals surface area contributed by atoms with Crippen molar-refractivity contribution in [2.75, 3.05) is 45.1 Å². The molecule has 5 nitrogen and oxygen atoms in total. The van der Waals surface area contributed by atoms with Crippen LogP contribution in [0.4, 0.5) is 5.69 Å². The number of benzene rings is 2. The number of hydrogen-bond acceptors (Lipinski definition) is 5. The summed E-state index contributed by atoms with van der Waals surface area (Å²) >= 11 is 0. The molecule has 0 saturated carbocycles. The molecule has 1 unspecified atom stereocenters. The number of piperazine rings is 1. The van der Waals surface area contributed by atoms with E-state index in [9.17, 15) is 10.5 Å². The lowest BCUT2D eigenvalue weighted by Gasteiger charge is -2.40. The third-order valence-corrected chi connectivity index (χ3v) is 5.11. The first-order chi connectivity index (χ1) is 13.2. The number of hydrogen-bond donors (Lipinski definition) is 1. The van der Waals surface area contributed by atoms with Crippen LogP contribution in [-0.2, 0) is 0 Å². The lowest BCUT2D eigenvalue weighted by Crippen LogP contribution is -2.47. The third-order valence-electron chi connectivity index (χ3n) is 5.11. The monoisotopic (exact) mass is 359 g/mol. The van der Waals surface area contributed by atoms with E-state index >= 15 is 0 Å². The Morgan fingerprint density at radius 3 is 2.37 bits per heavy atom. The van der Waals surface area contributed by atoms with Crippen LogP contribution in [0.2, 0.25) is 0 Å². The molecule has 138 valence electrons. The highest BCUT2D eigenvalue weighted by atomic mass is 15.3. The van der Waals surface area contributed by atoms with Crippen molar-refractivity contribution in [1.82, 2.24) is 9.80 Å². The van der Waals surface area contributed by atoms with Crippen LogP contribution < -0.4 is 5.32 Å². The number of nitrogens with one attached hydrogen (secondary N) is 1. The lowest BCUT2D eigenvalue weighted by molar-refractivity contribution is 0.0897. The molecule has 1 saturated heterocycles. The molecular weight excluding hydrogens is 334 g/mol. The summed E-state index contributed by atoms with van der Waals surface area (Å²) in [6.45, 7) is 4.88. The molecule has 0 aliphatic carbocycles. The zero-order chi connectivity index (χ0) is 19.1. The number of likely N-dealkylation sites (N-methyl/N-ethyl adjacent to an activating group) is 1. The highest BCUT2D eigenvalue weighted by molar-refractivity contribution is 5.66. The van der Waals surface area contributed by atoms with Crippen LogP contribution in [0, 0.1) is 22.7 Å². The van der Waals surface area contributed by atoms with E-state index in [0.29, 0.717) is 22.9 Å². The normalized spacial score (nSPS) is 17.8. The van der Waals surface area contributed by atoms with Gasteiger partial charge in [0.25, 0.3) is 0 Å². The first kappa shape index (κ1) is 18.9.